The number of rotatable bonds is 4. The van der Waals surface area contributed by atoms with Gasteiger partial charge in [-0.25, -0.2) is 13.6 Å². The van der Waals surface area contributed by atoms with Crippen molar-refractivity contribution >= 4 is 35.0 Å². The van der Waals surface area contributed by atoms with Gasteiger partial charge in [-0.3, -0.25) is 4.79 Å². The van der Waals surface area contributed by atoms with Crippen molar-refractivity contribution in [1.82, 2.24) is 4.57 Å². The summed E-state index contributed by atoms with van der Waals surface area (Å²) in [5, 5.41) is 8.87. The molecule has 0 aliphatic carbocycles. The van der Waals surface area contributed by atoms with E-state index in [9.17, 15) is 14.0 Å². The predicted molar refractivity (Wildman–Crippen MR) is 99.0 cm³/mol. The molecule has 1 aromatic heterocycles. The number of aryl methyl sites for hydroxylation is 1. The number of ether oxygens (including phenoxy) is 1. The molecule has 2 aromatic rings. The van der Waals surface area contributed by atoms with Crippen molar-refractivity contribution in [3.63, 3.8) is 0 Å². The van der Waals surface area contributed by atoms with Crippen LogP contribution < -0.4 is 16.1 Å². The minimum atomic E-state index is -1.44. The topological polar surface area (TPSA) is 97.8 Å². The maximum absolute atomic E-state index is 15.2. The SMILES string of the molecule is CCn1cc(C(=O)O)c(=O)c2cc(F)c(N3CCOC(CN)C3)c(F)c21.Cl. The number of hydrogen-bond donors (Lipinski definition) is 2. The summed E-state index contributed by atoms with van der Waals surface area (Å²) < 4.78 is 36.7. The van der Waals surface area contributed by atoms with E-state index in [1.807, 2.05) is 0 Å². The normalized spacial score (nSPS) is 17.0. The van der Waals surface area contributed by atoms with Crippen molar-refractivity contribution in [2.24, 2.45) is 5.73 Å². The van der Waals surface area contributed by atoms with Crippen molar-refractivity contribution in [2.45, 2.75) is 19.6 Å². The Morgan fingerprint density at radius 2 is 2.15 bits per heavy atom. The van der Waals surface area contributed by atoms with Gasteiger partial charge in [0.2, 0.25) is 5.43 Å². The third kappa shape index (κ3) is 3.62. The van der Waals surface area contributed by atoms with Gasteiger partial charge in [0.25, 0.3) is 0 Å². The standard InChI is InChI=1S/C17H19F2N3O4.ClH/c1-2-21-8-11(17(24)25)16(23)10-5-12(18)15(13(19)14(10)21)22-3-4-26-9(6-20)7-22;/h5,8-9H,2-4,6-7,20H2,1H3,(H,24,25);1H. The number of aromatic nitrogens is 1. The van der Waals surface area contributed by atoms with Gasteiger partial charge in [-0.2, -0.15) is 0 Å². The monoisotopic (exact) mass is 403 g/mol. The summed E-state index contributed by atoms with van der Waals surface area (Å²) in [6.07, 6.45) is 0.737. The number of benzene rings is 1. The number of morpholine rings is 1. The van der Waals surface area contributed by atoms with Crippen molar-refractivity contribution < 1.29 is 23.4 Å². The Hall–Kier alpha value is -2.23. The van der Waals surface area contributed by atoms with Gasteiger partial charge in [0.1, 0.15) is 17.1 Å². The summed E-state index contributed by atoms with van der Waals surface area (Å²) in [5.74, 6) is -3.26. The van der Waals surface area contributed by atoms with Crippen LogP contribution >= 0.6 is 12.4 Å². The molecule has 0 radical (unpaired) electrons. The third-order valence-electron chi connectivity index (χ3n) is 4.52. The highest BCUT2D eigenvalue weighted by atomic mass is 35.5. The lowest BCUT2D eigenvalue weighted by Crippen LogP contribution is -2.46. The first-order valence-electron chi connectivity index (χ1n) is 8.24. The van der Waals surface area contributed by atoms with Crippen LogP contribution in [0.25, 0.3) is 10.9 Å². The van der Waals surface area contributed by atoms with E-state index in [0.717, 1.165) is 12.3 Å². The average Bonchev–Trinajstić information content (AvgIpc) is 2.62. The molecule has 3 N–H and O–H groups in total. The molecule has 0 bridgehead atoms. The number of carboxylic acid groups (broad SMARTS) is 1. The molecular weight excluding hydrogens is 384 g/mol. The number of pyridine rings is 1. The molecular formula is C17H20ClF2N3O4. The smallest absolute Gasteiger partial charge is 0.341 e. The lowest BCUT2D eigenvalue weighted by molar-refractivity contribution is 0.0461. The Morgan fingerprint density at radius 3 is 2.74 bits per heavy atom. The van der Waals surface area contributed by atoms with Crippen LogP contribution in [0.5, 0.6) is 0 Å². The maximum atomic E-state index is 15.2. The van der Waals surface area contributed by atoms with Gasteiger partial charge < -0.3 is 25.0 Å². The van der Waals surface area contributed by atoms with Crippen LogP contribution in [-0.2, 0) is 11.3 Å². The molecule has 1 aliphatic rings. The lowest BCUT2D eigenvalue weighted by Gasteiger charge is -2.34. The van der Waals surface area contributed by atoms with E-state index in [0.29, 0.717) is 0 Å². The van der Waals surface area contributed by atoms with Crippen molar-refractivity contribution in [2.75, 3.05) is 31.1 Å². The number of carbonyl (C=O) groups is 1. The summed E-state index contributed by atoms with van der Waals surface area (Å²) in [4.78, 5) is 25.1. The molecule has 10 heteroatoms. The van der Waals surface area contributed by atoms with Crippen LogP contribution in [0.15, 0.2) is 17.1 Å². The summed E-state index contributed by atoms with van der Waals surface area (Å²) in [5.41, 5.74) is 3.76. The van der Waals surface area contributed by atoms with Gasteiger partial charge in [0.05, 0.1) is 23.6 Å². The van der Waals surface area contributed by atoms with Crippen LogP contribution in [0.2, 0.25) is 0 Å². The number of fused-ring (bicyclic) bond motifs is 1. The second kappa shape index (κ2) is 8.20. The van der Waals surface area contributed by atoms with Crippen molar-refractivity contribution in [1.29, 1.82) is 0 Å². The van der Waals surface area contributed by atoms with Gasteiger partial charge in [0, 0.05) is 32.4 Å². The zero-order valence-electron chi connectivity index (χ0n) is 14.6. The summed E-state index contributed by atoms with van der Waals surface area (Å²) in [7, 11) is 0. The van der Waals surface area contributed by atoms with Crippen LogP contribution in [0.1, 0.15) is 17.3 Å². The molecule has 1 aromatic carbocycles. The predicted octanol–water partition coefficient (Wildman–Crippen LogP) is 1.58. The summed E-state index contributed by atoms with van der Waals surface area (Å²) in [6.45, 7) is 2.88. The van der Waals surface area contributed by atoms with Gasteiger partial charge in [-0.05, 0) is 13.0 Å². The second-order valence-corrected chi connectivity index (χ2v) is 6.05. The van der Waals surface area contributed by atoms with E-state index in [1.54, 1.807) is 6.92 Å². The van der Waals surface area contributed by atoms with E-state index < -0.39 is 28.6 Å². The molecule has 1 unspecified atom stereocenters. The van der Waals surface area contributed by atoms with E-state index >= 15 is 4.39 Å². The number of halogens is 3. The number of anilines is 1. The van der Waals surface area contributed by atoms with Crippen LogP contribution in [0.3, 0.4) is 0 Å². The van der Waals surface area contributed by atoms with E-state index in [-0.39, 0.29) is 67.9 Å². The molecule has 0 amide bonds. The first kappa shape index (κ1) is 21.1. The number of nitrogens with two attached hydrogens (primary N) is 1. The number of hydrogen-bond acceptors (Lipinski definition) is 5. The van der Waals surface area contributed by atoms with E-state index in [1.165, 1.54) is 9.47 Å². The van der Waals surface area contributed by atoms with Crippen molar-refractivity contribution in [3.8, 4) is 0 Å². The van der Waals surface area contributed by atoms with E-state index in [4.69, 9.17) is 15.6 Å². The molecule has 0 saturated carbocycles. The Labute approximate surface area is 159 Å². The molecule has 1 atom stereocenters. The molecule has 148 valence electrons. The van der Waals surface area contributed by atoms with Crippen LogP contribution in [0, 0.1) is 11.6 Å². The minimum absolute atomic E-state index is 0. The Balaban J connectivity index is 0.00000261. The fourth-order valence-corrected chi connectivity index (χ4v) is 3.23. The average molecular weight is 404 g/mol. The fraction of sp³-hybridized carbons (Fsp3) is 0.412. The Morgan fingerprint density at radius 1 is 1.44 bits per heavy atom. The third-order valence-corrected chi connectivity index (χ3v) is 4.52. The first-order valence-corrected chi connectivity index (χ1v) is 8.24. The number of aromatic carboxylic acids is 1. The fourth-order valence-electron chi connectivity index (χ4n) is 3.23. The molecule has 27 heavy (non-hydrogen) atoms. The molecule has 1 saturated heterocycles. The Bertz CT molecular complexity index is 935. The molecule has 7 nitrogen and oxygen atoms in total. The van der Waals surface area contributed by atoms with Gasteiger partial charge in [-0.1, -0.05) is 0 Å². The summed E-state index contributed by atoms with van der Waals surface area (Å²) >= 11 is 0. The Kier molecular flexibility index (Phi) is 6.40. The van der Waals surface area contributed by atoms with Gasteiger partial charge in [0.15, 0.2) is 5.82 Å². The van der Waals surface area contributed by atoms with Crippen LogP contribution in [0.4, 0.5) is 14.5 Å². The molecule has 1 aliphatic heterocycles. The highest BCUT2D eigenvalue weighted by Gasteiger charge is 2.28. The van der Waals surface area contributed by atoms with Gasteiger partial charge in [-0.15, -0.1) is 12.4 Å². The molecule has 3 rings (SSSR count). The number of nitrogens with zero attached hydrogens (tertiary/aromatic N) is 2. The zero-order valence-corrected chi connectivity index (χ0v) is 15.4. The zero-order chi connectivity index (χ0) is 19.0. The molecule has 2 heterocycles. The largest absolute Gasteiger partial charge is 0.477 e. The first-order chi connectivity index (χ1) is 12.4. The quantitative estimate of drug-likeness (QED) is 0.804. The molecule has 0 spiro atoms. The van der Waals surface area contributed by atoms with Crippen molar-refractivity contribution in [3.05, 3.63) is 39.7 Å². The van der Waals surface area contributed by atoms with Gasteiger partial charge >= 0.3 is 5.97 Å². The maximum Gasteiger partial charge on any atom is 0.341 e. The van der Waals surface area contributed by atoms with Crippen LogP contribution in [-0.4, -0.2) is 48.0 Å². The lowest BCUT2D eigenvalue weighted by atomic mass is 10.1. The number of carboxylic acids is 1. The highest BCUT2D eigenvalue weighted by molar-refractivity contribution is 5.93. The summed E-state index contributed by atoms with van der Waals surface area (Å²) in [6, 6.07) is 0.904. The second-order valence-electron chi connectivity index (χ2n) is 6.05. The molecule has 1 fully saturated rings. The van der Waals surface area contributed by atoms with E-state index in [2.05, 4.69) is 0 Å². The highest BCUT2D eigenvalue weighted by Crippen LogP contribution is 2.31. The minimum Gasteiger partial charge on any atom is -0.477 e.